The lowest BCUT2D eigenvalue weighted by Crippen LogP contribution is -2.35. The number of nitrogens with one attached hydrogen (secondary N) is 1. The molecule has 0 bridgehead atoms. The van der Waals surface area contributed by atoms with Gasteiger partial charge < -0.3 is 14.6 Å². The van der Waals surface area contributed by atoms with Crippen LogP contribution in [0.25, 0.3) is 0 Å². The van der Waals surface area contributed by atoms with Gasteiger partial charge in [0.25, 0.3) is 5.91 Å². The summed E-state index contributed by atoms with van der Waals surface area (Å²) in [6.07, 6.45) is 1.58. The number of fused-ring (bicyclic) bond motifs is 1. The molecular formula is C22H20N2O3S. The number of thioether (sulfide) groups is 1. The number of nitrogens with zero attached hydrogens (tertiary/aromatic N) is 1. The number of amides is 2. The largest absolute Gasteiger partial charge is 0.467 e. The molecular weight excluding hydrogens is 372 g/mol. The van der Waals surface area contributed by atoms with Gasteiger partial charge in [0.1, 0.15) is 5.76 Å². The lowest BCUT2D eigenvalue weighted by molar-refractivity contribution is -0.116. The fourth-order valence-corrected chi connectivity index (χ4v) is 4.11. The molecule has 1 aliphatic rings. The predicted molar refractivity (Wildman–Crippen MR) is 109 cm³/mol. The molecule has 4 rings (SSSR count). The van der Waals surface area contributed by atoms with Crippen LogP contribution in [0.4, 0.5) is 5.69 Å². The number of carbonyl (C=O) groups is 2. The number of anilines is 1. The molecule has 0 saturated carbocycles. The summed E-state index contributed by atoms with van der Waals surface area (Å²) in [4.78, 5) is 27.9. The molecule has 0 unspecified atom stereocenters. The summed E-state index contributed by atoms with van der Waals surface area (Å²) >= 11 is 1.51. The lowest BCUT2D eigenvalue weighted by Gasteiger charge is -2.29. The van der Waals surface area contributed by atoms with Crippen molar-refractivity contribution in [2.45, 2.75) is 24.9 Å². The Bertz CT molecular complexity index is 1010. The van der Waals surface area contributed by atoms with Crippen molar-refractivity contribution >= 4 is 29.3 Å². The van der Waals surface area contributed by atoms with E-state index in [0.29, 0.717) is 30.2 Å². The van der Waals surface area contributed by atoms with Gasteiger partial charge >= 0.3 is 0 Å². The highest BCUT2D eigenvalue weighted by Crippen LogP contribution is 2.37. The van der Waals surface area contributed by atoms with Gasteiger partial charge in [-0.25, -0.2) is 0 Å². The Labute approximate surface area is 167 Å². The number of furan rings is 1. The van der Waals surface area contributed by atoms with Gasteiger partial charge in [0.15, 0.2) is 0 Å². The van der Waals surface area contributed by atoms with E-state index in [9.17, 15) is 9.59 Å². The molecule has 2 amide bonds. The molecule has 0 radical (unpaired) electrons. The minimum atomic E-state index is -0.197. The Morgan fingerprint density at radius 1 is 1.18 bits per heavy atom. The van der Waals surface area contributed by atoms with Gasteiger partial charge in [0.2, 0.25) is 5.91 Å². The maximum absolute atomic E-state index is 12.6. The highest BCUT2D eigenvalue weighted by molar-refractivity contribution is 8.00. The first kappa shape index (κ1) is 18.4. The number of hydrogen-bond acceptors (Lipinski definition) is 4. The van der Waals surface area contributed by atoms with Crippen LogP contribution in [0.1, 0.15) is 27.2 Å². The summed E-state index contributed by atoms with van der Waals surface area (Å²) < 4.78 is 5.25. The van der Waals surface area contributed by atoms with Crippen molar-refractivity contribution in [2.75, 3.05) is 10.7 Å². The average molecular weight is 392 g/mol. The molecule has 3 aromatic rings. The van der Waals surface area contributed by atoms with E-state index in [-0.39, 0.29) is 11.8 Å². The first-order valence-corrected chi connectivity index (χ1v) is 10.0. The summed E-state index contributed by atoms with van der Waals surface area (Å²) in [6.45, 7) is 2.85. The molecule has 0 fully saturated rings. The SMILES string of the molecule is Cc1cccc(CN2C(=O)CSc3ccc(C(=O)NCc4ccco4)cc32)c1. The Morgan fingerprint density at radius 3 is 2.86 bits per heavy atom. The first-order valence-electron chi connectivity index (χ1n) is 9.03. The van der Waals surface area contributed by atoms with Gasteiger partial charge in [-0.05, 0) is 42.8 Å². The van der Waals surface area contributed by atoms with Crippen LogP contribution in [-0.4, -0.2) is 17.6 Å². The topological polar surface area (TPSA) is 62.6 Å². The van der Waals surface area contributed by atoms with E-state index in [1.807, 2.05) is 37.3 Å². The van der Waals surface area contributed by atoms with Crippen molar-refractivity contribution < 1.29 is 14.0 Å². The quantitative estimate of drug-likeness (QED) is 0.708. The van der Waals surface area contributed by atoms with Gasteiger partial charge in [0, 0.05) is 10.5 Å². The normalized spacial score (nSPS) is 13.3. The summed E-state index contributed by atoms with van der Waals surface area (Å²) in [5.74, 6) is 0.950. The van der Waals surface area contributed by atoms with Gasteiger partial charge in [-0.2, -0.15) is 0 Å². The molecule has 142 valence electrons. The average Bonchev–Trinajstić information content (AvgIpc) is 3.22. The lowest BCUT2D eigenvalue weighted by atomic mass is 10.1. The smallest absolute Gasteiger partial charge is 0.251 e. The number of aryl methyl sites for hydroxylation is 1. The Hall–Kier alpha value is -2.99. The number of hydrogen-bond donors (Lipinski definition) is 1. The van der Waals surface area contributed by atoms with Crippen LogP contribution in [0.15, 0.2) is 70.2 Å². The molecule has 28 heavy (non-hydrogen) atoms. The highest BCUT2D eigenvalue weighted by Gasteiger charge is 2.26. The fraction of sp³-hybridized carbons (Fsp3) is 0.182. The molecule has 6 heteroatoms. The molecule has 1 N–H and O–H groups in total. The van der Waals surface area contributed by atoms with Gasteiger partial charge in [-0.3, -0.25) is 9.59 Å². The number of rotatable bonds is 5. The molecule has 0 aliphatic carbocycles. The zero-order valence-corrected chi connectivity index (χ0v) is 16.3. The molecule has 2 heterocycles. The maximum atomic E-state index is 12.6. The zero-order valence-electron chi connectivity index (χ0n) is 15.5. The second kappa shape index (κ2) is 7.94. The van der Waals surface area contributed by atoms with Crippen molar-refractivity contribution in [3.8, 4) is 0 Å². The van der Waals surface area contributed by atoms with Crippen molar-refractivity contribution in [1.29, 1.82) is 0 Å². The van der Waals surface area contributed by atoms with Crippen LogP contribution in [0.2, 0.25) is 0 Å². The Balaban J connectivity index is 1.57. The standard InChI is InChI=1S/C22H20N2O3S/c1-15-4-2-5-16(10-15)13-24-19-11-17(7-8-20(19)28-14-21(24)25)22(26)23-12-18-6-3-9-27-18/h2-11H,12-14H2,1H3,(H,23,26). The molecule has 1 aliphatic heterocycles. The van der Waals surface area contributed by atoms with E-state index in [1.165, 1.54) is 11.8 Å². The van der Waals surface area contributed by atoms with Gasteiger partial charge in [-0.1, -0.05) is 29.8 Å². The third kappa shape index (κ3) is 3.97. The van der Waals surface area contributed by atoms with E-state index in [0.717, 1.165) is 21.7 Å². The second-order valence-corrected chi connectivity index (χ2v) is 7.72. The monoisotopic (exact) mass is 392 g/mol. The van der Waals surface area contributed by atoms with E-state index in [4.69, 9.17) is 4.42 Å². The van der Waals surface area contributed by atoms with E-state index in [1.54, 1.807) is 29.4 Å². The molecule has 1 aromatic heterocycles. The van der Waals surface area contributed by atoms with Crippen LogP contribution in [-0.2, 0) is 17.9 Å². The van der Waals surface area contributed by atoms with Gasteiger partial charge in [0.05, 0.1) is 30.8 Å². The van der Waals surface area contributed by atoms with Gasteiger partial charge in [-0.15, -0.1) is 11.8 Å². The zero-order chi connectivity index (χ0) is 19.5. The van der Waals surface area contributed by atoms with Crippen LogP contribution in [0, 0.1) is 6.92 Å². The third-order valence-electron chi connectivity index (χ3n) is 4.59. The Kier molecular flexibility index (Phi) is 5.21. The summed E-state index contributed by atoms with van der Waals surface area (Å²) in [5.41, 5.74) is 3.53. The molecule has 0 saturated heterocycles. The summed E-state index contributed by atoms with van der Waals surface area (Å²) in [6, 6.07) is 17.2. The van der Waals surface area contributed by atoms with E-state index in [2.05, 4.69) is 11.4 Å². The van der Waals surface area contributed by atoms with Crippen molar-refractivity contribution in [3.63, 3.8) is 0 Å². The number of benzene rings is 2. The molecule has 2 aromatic carbocycles. The van der Waals surface area contributed by atoms with Crippen LogP contribution < -0.4 is 10.2 Å². The first-order chi connectivity index (χ1) is 13.6. The van der Waals surface area contributed by atoms with E-state index >= 15 is 0 Å². The van der Waals surface area contributed by atoms with Crippen molar-refractivity contribution in [3.05, 3.63) is 83.3 Å². The summed E-state index contributed by atoms with van der Waals surface area (Å²) in [5, 5.41) is 2.85. The number of carbonyl (C=O) groups excluding carboxylic acids is 2. The van der Waals surface area contributed by atoms with Crippen molar-refractivity contribution in [1.82, 2.24) is 5.32 Å². The van der Waals surface area contributed by atoms with Crippen molar-refractivity contribution in [2.24, 2.45) is 0 Å². The third-order valence-corrected chi connectivity index (χ3v) is 5.64. The van der Waals surface area contributed by atoms with Crippen LogP contribution in [0.5, 0.6) is 0 Å². The molecule has 0 spiro atoms. The van der Waals surface area contributed by atoms with Crippen LogP contribution >= 0.6 is 11.8 Å². The second-order valence-electron chi connectivity index (χ2n) is 6.70. The molecule has 5 nitrogen and oxygen atoms in total. The fourth-order valence-electron chi connectivity index (χ4n) is 3.19. The Morgan fingerprint density at radius 2 is 2.07 bits per heavy atom. The van der Waals surface area contributed by atoms with E-state index < -0.39 is 0 Å². The predicted octanol–water partition coefficient (Wildman–Crippen LogP) is 4.16. The highest BCUT2D eigenvalue weighted by atomic mass is 32.2. The minimum Gasteiger partial charge on any atom is -0.467 e. The molecule has 0 atom stereocenters. The summed E-state index contributed by atoms with van der Waals surface area (Å²) in [7, 11) is 0. The minimum absolute atomic E-state index is 0.0483. The maximum Gasteiger partial charge on any atom is 0.251 e. The van der Waals surface area contributed by atoms with Crippen LogP contribution in [0.3, 0.4) is 0 Å².